The summed E-state index contributed by atoms with van der Waals surface area (Å²) < 4.78 is 28.1. The van der Waals surface area contributed by atoms with Crippen molar-refractivity contribution < 1.29 is 13.5 Å². The van der Waals surface area contributed by atoms with E-state index in [4.69, 9.17) is 5.53 Å². The Balaban J connectivity index is 2.88. The van der Waals surface area contributed by atoms with Gasteiger partial charge >= 0.3 is 6.61 Å². The summed E-state index contributed by atoms with van der Waals surface area (Å²) in [7, 11) is 0. The molecule has 1 aromatic rings. The number of hydrogen-bond donors (Lipinski definition) is 0. The number of hydrogen-bond acceptors (Lipinski definition) is 2. The monoisotopic (exact) mass is 241 g/mol. The molecule has 1 unspecified atom stereocenters. The molecule has 0 aromatic heterocycles. The molecule has 0 radical (unpaired) electrons. The molecule has 1 rings (SSSR count). The minimum absolute atomic E-state index is 0.0900. The van der Waals surface area contributed by atoms with Crippen LogP contribution in [0.25, 0.3) is 10.4 Å². The first kappa shape index (κ1) is 13.3. The van der Waals surface area contributed by atoms with Crippen molar-refractivity contribution in [3.05, 3.63) is 40.3 Å². The van der Waals surface area contributed by atoms with E-state index in [1.54, 1.807) is 12.1 Å². The van der Waals surface area contributed by atoms with Crippen molar-refractivity contribution in [3.63, 3.8) is 0 Å². The van der Waals surface area contributed by atoms with Gasteiger partial charge in [0.1, 0.15) is 5.75 Å². The summed E-state index contributed by atoms with van der Waals surface area (Å²) in [5, 5.41) is 3.68. The van der Waals surface area contributed by atoms with E-state index in [1.165, 1.54) is 12.1 Å². The van der Waals surface area contributed by atoms with Gasteiger partial charge in [-0.05, 0) is 29.1 Å². The van der Waals surface area contributed by atoms with Gasteiger partial charge in [0, 0.05) is 4.91 Å². The van der Waals surface area contributed by atoms with Gasteiger partial charge in [0.25, 0.3) is 0 Å². The van der Waals surface area contributed by atoms with E-state index in [1.807, 2.05) is 13.8 Å². The van der Waals surface area contributed by atoms with Crippen LogP contribution in [0.5, 0.6) is 5.75 Å². The lowest BCUT2D eigenvalue weighted by Crippen LogP contribution is -2.04. The standard InChI is InChI=1S/C11H13F2N3O/c1-7(2)10(15-16-14)8-3-5-9(6-4-8)17-11(12)13/h3-7,10-11H,1-2H3. The van der Waals surface area contributed by atoms with Crippen LogP contribution in [0.1, 0.15) is 25.5 Å². The summed E-state index contributed by atoms with van der Waals surface area (Å²) in [4.78, 5) is 2.78. The van der Waals surface area contributed by atoms with Crippen molar-refractivity contribution in [2.75, 3.05) is 0 Å². The molecule has 0 saturated carbocycles. The topological polar surface area (TPSA) is 58.0 Å². The third-order valence-corrected chi connectivity index (χ3v) is 2.25. The highest BCUT2D eigenvalue weighted by molar-refractivity contribution is 5.29. The molecule has 0 N–H and O–H groups in total. The average molecular weight is 241 g/mol. The molecule has 0 saturated heterocycles. The van der Waals surface area contributed by atoms with Gasteiger partial charge in [-0.2, -0.15) is 8.78 Å². The van der Waals surface area contributed by atoms with Crippen LogP contribution in [-0.4, -0.2) is 6.61 Å². The fourth-order valence-corrected chi connectivity index (χ4v) is 1.49. The molecular weight excluding hydrogens is 228 g/mol. The van der Waals surface area contributed by atoms with Gasteiger partial charge in [0.05, 0.1) is 6.04 Å². The predicted octanol–water partition coefficient (Wildman–Crippen LogP) is 4.30. The molecule has 0 fully saturated rings. The van der Waals surface area contributed by atoms with Gasteiger partial charge in [0.2, 0.25) is 0 Å². The number of benzene rings is 1. The van der Waals surface area contributed by atoms with Crippen LogP contribution in [0.2, 0.25) is 0 Å². The largest absolute Gasteiger partial charge is 0.435 e. The van der Waals surface area contributed by atoms with E-state index < -0.39 is 6.61 Å². The van der Waals surface area contributed by atoms with E-state index in [0.29, 0.717) is 0 Å². The fourth-order valence-electron chi connectivity index (χ4n) is 1.49. The SMILES string of the molecule is CC(C)C(N=[N+]=[N-])c1ccc(OC(F)F)cc1. The van der Waals surface area contributed by atoms with Gasteiger partial charge < -0.3 is 4.74 Å². The van der Waals surface area contributed by atoms with Gasteiger partial charge in [-0.25, -0.2) is 0 Å². The Bertz CT molecular complexity index is 400. The average Bonchev–Trinajstić information content (AvgIpc) is 2.26. The summed E-state index contributed by atoms with van der Waals surface area (Å²) in [6, 6.07) is 5.81. The molecule has 0 aliphatic rings. The maximum absolute atomic E-state index is 11.9. The molecule has 0 amide bonds. The van der Waals surface area contributed by atoms with E-state index in [0.717, 1.165) is 5.56 Å². The van der Waals surface area contributed by atoms with Crippen molar-refractivity contribution in [1.29, 1.82) is 0 Å². The lowest BCUT2D eigenvalue weighted by molar-refractivity contribution is -0.0498. The summed E-state index contributed by atoms with van der Waals surface area (Å²) in [5.74, 6) is 0.222. The summed E-state index contributed by atoms with van der Waals surface area (Å²) in [6.45, 7) is 1.00. The van der Waals surface area contributed by atoms with Gasteiger partial charge in [0.15, 0.2) is 0 Å². The maximum atomic E-state index is 11.9. The third-order valence-electron chi connectivity index (χ3n) is 2.25. The highest BCUT2D eigenvalue weighted by Crippen LogP contribution is 2.27. The van der Waals surface area contributed by atoms with E-state index in [-0.39, 0.29) is 17.7 Å². The number of alkyl halides is 2. The Morgan fingerprint density at radius 1 is 1.24 bits per heavy atom. The lowest BCUT2D eigenvalue weighted by atomic mass is 9.97. The van der Waals surface area contributed by atoms with Crippen LogP contribution in [-0.2, 0) is 0 Å². The van der Waals surface area contributed by atoms with E-state index in [2.05, 4.69) is 14.8 Å². The first-order valence-corrected chi connectivity index (χ1v) is 5.13. The summed E-state index contributed by atoms with van der Waals surface area (Å²) in [5.41, 5.74) is 9.23. The molecule has 1 aromatic carbocycles. The predicted molar refractivity (Wildman–Crippen MR) is 59.8 cm³/mol. The second kappa shape index (κ2) is 6.06. The molecular formula is C11H13F2N3O. The summed E-state index contributed by atoms with van der Waals surface area (Å²) in [6.07, 6.45) is 0. The Kier molecular flexibility index (Phi) is 4.72. The Labute approximate surface area is 97.8 Å². The number of ether oxygens (including phenoxy) is 1. The van der Waals surface area contributed by atoms with Crippen LogP contribution in [0.15, 0.2) is 29.4 Å². The Hall–Kier alpha value is -1.81. The molecule has 1 atom stereocenters. The summed E-state index contributed by atoms with van der Waals surface area (Å²) >= 11 is 0. The van der Waals surface area contributed by atoms with Crippen LogP contribution in [0.4, 0.5) is 8.78 Å². The highest BCUT2D eigenvalue weighted by atomic mass is 19.3. The van der Waals surface area contributed by atoms with Gasteiger partial charge in [-0.1, -0.05) is 31.1 Å². The minimum Gasteiger partial charge on any atom is -0.435 e. The quantitative estimate of drug-likeness (QED) is 0.430. The van der Waals surface area contributed by atoms with Crippen molar-refractivity contribution in [3.8, 4) is 5.75 Å². The number of nitrogens with zero attached hydrogens (tertiary/aromatic N) is 3. The Morgan fingerprint density at radius 3 is 2.24 bits per heavy atom. The number of rotatable bonds is 5. The molecule has 92 valence electrons. The maximum Gasteiger partial charge on any atom is 0.387 e. The number of halogens is 2. The van der Waals surface area contributed by atoms with Crippen LogP contribution < -0.4 is 4.74 Å². The van der Waals surface area contributed by atoms with Gasteiger partial charge in [-0.15, -0.1) is 0 Å². The van der Waals surface area contributed by atoms with E-state index in [9.17, 15) is 8.78 Å². The fraction of sp³-hybridized carbons (Fsp3) is 0.455. The third kappa shape index (κ3) is 3.92. The lowest BCUT2D eigenvalue weighted by Gasteiger charge is -2.15. The molecule has 0 spiro atoms. The molecule has 6 heteroatoms. The van der Waals surface area contributed by atoms with Crippen LogP contribution >= 0.6 is 0 Å². The second-order valence-electron chi connectivity index (χ2n) is 3.84. The van der Waals surface area contributed by atoms with Gasteiger partial charge in [-0.3, -0.25) is 0 Å². The van der Waals surface area contributed by atoms with E-state index >= 15 is 0 Å². The zero-order chi connectivity index (χ0) is 12.8. The van der Waals surface area contributed by atoms with Crippen molar-refractivity contribution in [1.82, 2.24) is 0 Å². The minimum atomic E-state index is -2.83. The van der Waals surface area contributed by atoms with Crippen molar-refractivity contribution >= 4 is 0 Å². The van der Waals surface area contributed by atoms with Crippen LogP contribution in [0.3, 0.4) is 0 Å². The van der Waals surface area contributed by atoms with Crippen LogP contribution in [0, 0.1) is 5.92 Å². The molecule has 0 aliphatic carbocycles. The second-order valence-corrected chi connectivity index (χ2v) is 3.84. The highest BCUT2D eigenvalue weighted by Gasteiger charge is 2.14. The first-order chi connectivity index (χ1) is 8.04. The Morgan fingerprint density at radius 2 is 1.82 bits per heavy atom. The molecule has 0 bridgehead atoms. The molecule has 0 heterocycles. The molecule has 4 nitrogen and oxygen atoms in total. The smallest absolute Gasteiger partial charge is 0.387 e. The van der Waals surface area contributed by atoms with Crippen molar-refractivity contribution in [2.45, 2.75) is 26.5 Å². The zero-order valence-electron chi connectivity index (χ0n) is 9.55. The number of azide groups is 1. The first-order valence-electron chi connectivity index (χ1n) is 5.13. The molecule has 0 aliphatic heterocycles. The van der Waals surface area contributed by atoms with Crippen molar-refractivity contribution in [2.24, 2.45) is 11.0 Å². The normalized spacial score (nSPS) is 12.4. The zero-order valence-corrected chi connectivity index (χ0v) is 9.55. The molecule has 17 heavy (non-hydrogen) atoms.